The number of carbonyl (C=O) groups excluding carboxylic acids is 1. The molecular weight excluding hydrogens is 311 g/mol. The molecule has 0 spiro atoms. The van der Waals surface area contributed by atoms with Gasteiger partial charge in [0, 0.05) is 4.47 Å². The molecule has 0 saturated heterocycles. The molecule has 2 aromatic rings. The summed E-state index contributed by atoms with van der Waals surface area (Å²) >= 11 is 3.38. The first kappa shape index (κ1) is 13.7. The van der Waals surface area contributed by atoms with Gasteiger partial charge in [-0.3, -0.25) is 4.79 Å². The van der Waals surface area contributed by atoms with Crippen LogP contribution in [0.2, 0.25) is 0 Å². The summed E-state index contributed by atoms with van der Waals surface area (Å²) in [5.74, 6) is -1.06. The van der Waals surface area contributed by atoms with Crippen LogP contribution in [0.25, 0.3) is 0 Å². The highest BCUT2D eigenvalue weighted by molar-refractivity contribution is 9.10. The smallest absolute Gasteiger partial charge is 0.270 e. The highest BCUT2D eigenvalue weighted by atomic mass is 79.9. The second-order valence-corrected chi connectivity index (χ2v) is 5.01. The first-order valence-electron chi connectivity index (χ1n) is 5.75. The fourth-order valence-electron chi connectivity index (χ4n) is 1.66. The van der Waals surface area contributed by atoms with E-state index < -0.39 is 11.9 Å². The van der Waals surface area contributed by atoms with Gasteiger partial charge in [0.05, 0.1) is 6.04 Å². The van der Waals surface area contributed by atoms with Crippen LogP contribution < -0.4 is 5.32 Å². The highest BCUT2D eigenvalue weighted by Gasteiger charge is 2.13. The largest absolute Gasteiger partial charge is 0.344 e. The summed E-state index contributed by atoms with van der Waals surface area (Å²) < 4.78 is 13.9. The number of aromatic nitrogens is 1. The maximum Gasteiger partial charge on any atom is 0.270 e. The van der Waals surface area contributed by atoms with Gasteiger partial charge in [0.25, 0.3) is 5.91 Å². The molecular formula is C14H12BrFN2O. The van der Waals surface area contributed by atoms with Gasteiger partial charge in [-0.2, -0.15) is 4.39 Å². The molecule has 0 saturated carbocycles. The van der Waals surface area contributed by atoms with Crippen molar-refractivity contribution in [2.75, 3.05) is 0 Å². The molecule has 0 aliphatic carbocycles. The van der Waals surface area contributed by atoms with Gasteiger partial charge in [-0.1, -0.05) is 34.1 Å². The fourth-order valence-corrected chi connectivity index (χ4v) is 2.08. The minimum absolute atomic E-state index is 0.0712. The van der Waals surface area contributed by atoms with Crippen LogP contribution in [0.1, 0.15) is 29.0 Å². The molecule has 0 radical (unpaired) electrons. The summed E-state index contributed by atoms with van der Waals surface area (Å²) in [4.78, 5) is 15.5. The van der Waals surface area contributed by atoms with E-state index in [-0.39, 0.29) is 11.7 Å². The van der Waals surface area contributed by atoms with Gasteiger partial charge in [-0.15, -0.1) is 0 Å². The zero-order valence-electron chi connectivity index (χ0n) is 10.2. The molecule has 19 heavy (non-hydrogen) atoms. The summed E-state index contributed by atoms with van der Waals surface area (Å²) in [7, 11) is 0. The Labute approximate surface area is 119 Å². The molecule has 3 nitrogen and oxygen atoms in total. The summed E-state index contributed by atoms with van der Waals surface area (Å²) in [6.07, 6.45) is 0. The third-order valence-electron chi connectivity index (χ3n) is 2.64. The number of halogens is 2. The number of carbonyl (C=O) groups is 1. The standard InChI is InChI=1S/C14H12BrFN2O/c1-9(10-4-2-5-11(15)8-10)17-14(19)12-6-3-7-13(16)18-12/h2-9H,1H3,(H,17,19). The van der Waals surface area contributed by atoms with Gasteiger partial charge in [0.1, 0.15) is 5.69 Å². The van der Waals surface area contributed by atoms with Gasteiger partial charge in [-0.25, -0.2) is 4.98 Å². The van der Waals surface area contributed by atoms with Gasteiger partial charge in [0.2, 0.25) is 5.95 Å². The number of benzene rings is 1. The third-order valence-corrected chi connectivity index (χ3v) is 3.14. The van der Waals surface area contributed by atoms with Gasteiger partial charge >= 0.3 is 0 Å². The predicted molar refractivity (Wildman–Crippen MR) is 74.2 cm³/mol. The lowest BCUT2D eigenvalue weighted by molar-refractivity contribution is 0.0933. The predicted octanol–water partition coefficient (Wildman–Crippen LogP) is 3.47. The van der Waals surface area contributed by atoms with Crippen molar-refractivity contribution in [1.29, 1.82) is 0 Å². The van der Waals surface area contributed by atoms with Crippen molar-refractivity contribution in [3.8, 4) is 0 Å². The van der Waals surface area contributed by atoms with Gasteiger partial charge in [0.15, 0.2) is 0 Å². The van der Waals surface area contributed by atoms with E-state index in [1.165, 1.54) is 18.2 Å². The molecule has 0 fully saturated rings. The molecule has 5 heteroatoms. The number of rotatable bonds is 3. The average Bonchev–Trinajstić information content (AvgIpc) is 2.38. The van der Waals surface area contributed by atoms with Crippen LogP contribution >= 0.6 is 15.9 Å². The summed E-state index contributed by atoms with van der Waals surface area (Å²) in [6, 6.07) is 11.6. The molecule has 1 aromatic heterocycles. The molecule has 0 bridgehead atoms. The van der Waals surface area contributed by atoms with Crippen molar-refractivity contribution in [3.05, 3.63) is 64.1 Å². The molecule has 0 aliphatic heterocycles. The van der Waals surface area contributed by atoms with E-state index in [1.54, 1.807) is 0 Å². The molecule has 1 aromatic carbocycles. The number of nitrogens with one attached hydrogen (secondary N) is 1. The van der Waals surface area contributed by atoms with Crippen molar-refractivity contribution in [3.63, 3.8) is 0 Å². The van der Waals surface area contributed by atoms with Crippen LogP contribution in [-0.4, -0.2) is 10.9 Å². The monoisotopic (exact) mass is 322 g/mol. The fraction of sp³-hybridized carbons (Fsp3) is 0.143. The van der Waals surface area contributed by atoms with Crippen molar-refractivity contribution in [1.82, 2.24) is 10.3 Å². The average molecular weight is 323 g/mol. The van der Waals surface area contributed by atoms with E-state index in [4.69, 9.17) is 0 Å². The Hall–Kier alpha value is -1.75. The zero-order valence-corrected chi connectivity index (χ0v) is 11.8. The molecule has 98 valence electrons. The van der Waals surface area contributed by atoms with Crippen LogP contribution in [0, 0.1) is 5.95 Å². The van der Waals surface area contributed by atoms with E-state index >= 15 is 0 Å². The first-order valence-corrected chi connectivity index (χ1v) is 6.54. The van der Waals surface area contributed by atoms with E-state index in [9.17, 15) is 9.18 Å². The van der Waals surface area contributed by atoms with Crippen LogP contribution in [0.3, 0.4) is 0 Å². The summed E-state index contributed by atoms with van der Waals surface area (Å²) in [6.45, 7) is 1.86. The Kier molecular flexibility index (Phi) is 4.27. The van der Waals surface area contributed by atoms with Crippen molar-refractivity contribution < 1.29 is 9.18 Å². The quantitative estimate of drug-likeness (QED) is 0.879. The molecule has 1 atom stereocenters. The first-order chi connectivity index (χ1) is 9.06. The molecule has 1 amide bonds. The number of hydrogen-bond donors (Lipinski definition) is 1. The Balaban J connectivity index is 2.11. The van der Waals surface area contributed by atoms with Crippen LogP contribution in [0.15, 0.2) is 46.9 Å². The number of pyridine rings is 1. The lowest BCUT2D eigenvalue weighted by atomic mass is 10.1. The van der Waals surface area contributed by atoms with Gasteiger partial charge in [-0.05, 0) is 36.8 Å². The lowest BCUT2D eigenvalue weighted by Gasteiger charge is -2.14. The number of hydrogen-bond acceptors (Lipinski definition) is 2. The van der Waals surface area contributed by atoms with Crippen LogP contribution in [0.5, 0.6) is 0 Å². The van der Waals surface area contributed by atoms with Crippen molar-refractivity contribution in [2.45, 2.75) is 13.0 Å². The van der Waals surface area contributed by atoms with Crippen LogP contribution in [-0.2, 0) is 0 Å². The molecule has 1 unspecified atom stereocenters. The van der Waals surface area contributed by atoms with Crippen molar-refractivity contribution >= 4 is 21.8 Å². The minimum Gasteiger partial charge on any atom is -0.344 e. The van der Waals surface area contributed by atoms with Gasteiger partial charge < -0.3 is 5.32 Å². The number of nitrogens with zero attached hydrogens (tertiary/aromatic N) is 1. The zero-order chi connectivity index (χ0) is 13.8. The summed E-state index contributed by atoms with van der Waals surface area (Å²) in [5, 5.41) is 2.78. The van der Waals surface area contributed by atoms with E-state index in [2.05, 4.69) is 26.2 Å². The molecule has 1 heterocycles. The van der Waals surface area contributed by atoms with E-state index in [0.717, 1.165) is 10.0 Å². The molecule has 1 N–H and O–H groups in total. The molecule has 0 aliphatic rings. The van der Waals surface area contributed by atoms with Crippen LogP contribution in [0.4, 0.5) is 4.39 Å². The lowest BCUT2D eigenvalue weighted by Crippen LogP contribution is -2.27. The molecule has 2 rings (SSSR count). The Morgan fingerprint density at radius 3 is 2.74 bits per heavy atom. The maximum atomic E-state index is 12.9. The topological polar surface area (TPSA) is 42.0 Å². The summed E-state index contributed by atoms with van der Waals surface area (Å²) in [5.41, 5.74) is 1.03. The highest BCUT2D eigenvalue weighted by Crippen LogP contribution is 2.18. The number of amides is 1. The second kappa shape index (κ2) is 5.93. The Bertz CT molecular complexity index is 604. The van der Waals surface area contributed by atoms with Crippen molar-refractivity contribution in [2.24, 2.45) is 0 Å². The Morgan fingerprint density at radius 1 is 1.32 bits per heavy atom. The van der Waals surface area contributed by atoms with E-state index in [0.29, 0.717) is 0 Å². The normalized spacial score (nSPS) is 11.9. The maximum absolute atomic E-state index is 12.9. The minimum atomic E-state index is -0.664. The SMILES string of the molecule is CC(NC(=O)c1cccc(F)n1)c1cccc(Br)c1. The Morgan fingerprint density at radius 2 is 2.05 bits per heavy atom. The van der Waals surface area contributed by atoms with E-state index in [1.807, 2.05) is 31.2 Å². The second-order valence-electron chi connectivity index (χ2n) is 4.10. The third kappa shape index (κ3) is 3.61.